The zero-order valence-electron chi connectivity index (χ0n) is 18.4. The Bertz CT molecular complexity index is 1300. The van der Waals surface area contributed by atoms with Gasteiger partial charge in [-0.3, -0.25) is 0 Å². The molecule has 1 aliphatic rings. The first-order valence-electron chi connectivity index (χ1n) is 10.5. The van der Waals surface area contributed by atoms with E-state index in [9.17, 15) is 13.2 Å². The maximum atomic E-state index is 13.9. The molecule has 0 radical (unpaired) electrons. The SMILES string of the molecule is COc1ccc(-c2nn3cc(-c4cnc(N5CCNCC5)c(C(F)(F)F)c4)nc3s2)cc1OC. The normalized spacial score (nSPS) is 14.6. The van der Waals surface area contributed by atoms with Gasteiger partial charge in [0, 0.05) is 43.5 Å². The van der Waals surface area contributed by atoms with Gasteiger partial charge in [-0.2, -0.15) is 18.3 Å². The van der Waals surface area contributed by atoms with E-state index in [4.69, 9.17) is 9.47 Å². The van der Waals surface area contributed by atoms with Crippen molar-refractivity contribution in [2.75, 3.05) is 45.3 Å². The van der Waals surface area contributed by atoms with Crippen LogP contribution in [-0.2, 0) is 6.18 Å². The van der Waals surface area contributed by atoms with Crippen molar-refractivity contribution in [3.8, 4) is 33.3 Å². The van der Waals surface area contributed by atoms with Crippen molar-refractivity contribution >= 4 is 22.1 Å². The number of fused-ring (bicyclic) bond motifs is 1. The molecule has 1 fully saturated rings. The number of methoxy groups -OCH3 is 2. The molecule has 0 atom stereocenters. The summed E-state index contributed by atoms with van der Waals surface area (Å²) in [6.45, 7) is 2.18. The van der Waals surface area contributed by atoms with Crippen molar-refractivity contribution < 1.29 is 22.6 Å². The number of aromatic nitrogens is 4. The Morgan fingerprint density at radius 3 is 2.47 bits per heavy atom. The predicted molar refractivity (Wildman–Crippen MR) is 123 cm³/mol. The molecule has 0 spiro atoms. The lowest BCUT2D eigenvalue weighted by atomic mass is 10.1. The summed E-state index contributed by atoms with van der Waals surface area (Å²) in [6.07, 6.45) is -1.48. The van der Waals surface area contributed by atoms with Crippen LogP contribution in [0.25, 0.3) is 26.8 Å². The van der Waals surface area contributed by atoms with Crippen LogP contribution in [0, 0.1) is 0 Å². The molecule has 4 aromatic rings. The monoisotopic (exact) mass is 490 g/mol. The molecule has 1 N–H and O–H groups in total. The Kier molecular flexibility index (Phi) is 5.78. The molecular weight excluding hydrogens is 469 g/mol. The van der Waals surface area contributed by atoms with E-state index in [1.54, 1.807) is 35.9 Å². The van der Waals surface area contributed by atoms with E-state index in [1.165, 1.54) is 17.5 Å². The molecule has 0 unspecified atom stereocenters. The third-order valence-corrected chi connectivity index (χ3v) is 6.53. The van der Waals surface area contributed by atoms with Crippen molar-refractivity contribution in [1.82, 2.24) is 24.9 Å². The van der Waals surface area contributed by atoms with Gasteiger partial charge in [0.2, 0.25) is 4.96 Å². The zero-order chi connectivity index (χ0) is 23.9. The van der Waals surface area contributed by atoms with Crippen LogP contribution in [0.4, 0.5) is 19.0 Å². The Morgan fingerprint density at radius 1 is 1.03 bits per heavy atom. The van der Waals surface area contributed by atoms with Crippen LogP contribution in [0.1, 0.15) is 5.56 Å². The average Bonchev–Trinajstić information content (AvgIpc) is 3.43. The number of rotatable bonds is 5. The number of hydrogen-bond acceptors (Lipinski definition) is 8. The largest absolute Gasteiger partial charge is 0.493 e. The molecule has 12 heteroatoms. The maximum Gasteiger partial charge on any atom is 0.419 e. The van der Waals surface area contributed by atoms with E-state index in [0.29, 0.717) is 53.3 Å². The molecule has 3 aromatic heterocycles. The second-order valence-corrected chi connectivity index (χ2v) is 8.62. The van der Waals surface area contributed by atoms with Gasteiger partial charge < -0.3 is 19.7 Å². The number of pyridine rings is 1. The topological polar surface area (TPSA) is 76.8 Å². The van der Waals surface area contributed by atoms with Crippen molar-refractivity contribution in [2.45, 2.75) is 6.18 Å². The Labute approximate surface area is 197 Å². The van der Waals surface area contributed by atoms with E-state index >= 15 is 0 Å². The Hall–Kier alpha value is -3.38. The minimum atomic E-state index is -4.53. The van der Waals surface area contributed by atoms with Crippen LogP contribution in [0.5, 0.6) is 11.5 Å². The minimum absolute atomic E-state index is 0.0485. The first-order valence-corrected chi connectivity index (χ1v) is 11.3. The summed E-state index contributed by atoms with van der Waals surface area (Å²) in [5, 5.41) is 8.37. The quantitative estimate of drug-likeness (QED) is 0.454. The molecule has 0 saturated carbocycles. The molecule has 0 bridgehead atoms. The second kappa shape index (κ2) is 8.76. The molecule has 0 amide bonds. The fourth-order valence-corrected chi connectivity index (χ4v) is 4.74. The molecule has 1 aromatic carbocycles. The van der Waals surface area contributed by atoms with Crippen LogP contribution in [0.2, 0.25) is 0 Å². The number of alkyl halides is 3. The highest BCUT2D eigenvalue weighted by Gasteiger charge is 2.37. The van der Waals surface area contributed by atoms with Crippen LogP contribution < -0.4 is 19.7 Å². The second-order valence-electron chi connectivity index (χ2n) is 7.66. The number of anilines is 1. The van der Waals surface area contributed by atoms with Crippen LogP contribution in [0.3, 0.4) is 0 Å². The molecule has 1 aliphatic heterocycles. The number of imidazole rings is 1. The number of nitrogens with zero attached hydrogens (tertiary/aromatic N) is 5. The average molecular weight is 491 g/mol. The molecule has 0 aliphatic carbocycles. The fraction of sp³-hybridized carbons (Fsp3) is 0.318. The van der Waals surface area contributed by atoms with Gasteiger partial charge in [-0.05, 0) is 24.3 Å². The fourth-order valence-electron chi connectivity index (χ4n) is 3.86. The molecule has 4 heterocycles. The third-order valence-electron chi connectivity index (χ3n) is 5.56. The van der Waals surface area contributed by atoms with Crippen LogP contribution >= 0.6 is 11.3 Å². The van der Waals surface area contributed by atoms with Gasteiger partial charge in [0.05, 0.1) is 31.7 Å². The first kappa shape index (κ1) is 22.4. The lowest BCUT2D eigenvalue weighted by molar-refractivity contribution is -0.137. The number of ether oxygens (including phenoxy) is 2. The minimum Gasteiger partial charge on any atom is -0.493 e. The van der Waals surface area contributed by atoms with E-state index in [2.05, 4.69) is 20.4 Å². The summed E-state index contributed by atoms with van der Waals surface area (Å²) in [7, 11) is 3.12. The molecule has 8 nitrogen and oxygen atoms in total. The third kappa shape index (κ3) is 4.14. The van der Waals surface area contributed by atoms with E-state index in [-0.39, 0.29) is 11.4 Å². The summed E-state index contributed by atoms with van der Waals surface area (Å²) in [5.41, 5.74) is 0.720. The highest BCUT2D eigenvalue weighted by Crippen LogP contribution is 2.38. The Morgan fingerprint density at radius 2 is 1.79 bits per heavy atom. The molecule has 5 rings (SSSR count). The predicted octanol–water partition coefficient (Wildman–Crippen LogP) is 3.97. The maximum absolute atomic E-state index is 13.9. The number of nitrogens with one attached hydrogen (secondary N) is 1. The van der Waals surface area contributed by atoms with Crippen molar-refractivity contribution in [1.29, 1.82) is 0 Å². The molecule has 1 saturated heterocycles. The summed E-state index contributed by atoms with van der Waals surface area (Å²) in [6, 6.07) is 6.57. The van der Waals surface area contributed by atoms with E-state index in [1.807, 2.05) is 12.1 Å². The van der Waals surface area contributed by atoms with Crippen molar-refractivity contribution in [3.05, 3.63) is 42.2 Å². The van der Waals surface area contributed by atoms with Gasteiger partial charge in [0.1, 0.15) is 10.8 Å². The molecule has 178 valence electrons. The first-order chi connectivity index (χ1) is 16.4. The highest BCUT2D eigenvalue weighted by molar-refractivity contribution is 7.19. The number of halogens is 3. The lowest BCUT2D eigenvalue weighted by Crippen LogP contribution is -2.44. The lowest BCUT2D eigenvalue weighted by Gasteiger charge is -2.30. The van der Waals surface area contributed by atoms with Crippen LogP contribution in [0.15, 0.2) is 36.7 Å². The summed E-state index contributed by atoms with van der Waals surface area (Å²) in [4.78, 5) is 10.9. The van der Waals surface area contributed by atoms with Gasteiger partial charge >= 0.3 is 6.18 Å². The molecule has 34 heavy (non-hydrogen) atoms. The van der Waals surface area contributed by atoms with Crippen molar-refractivity contribution in [3.63, 3.8) is 0 Å². The van der Waals surface area contributed by atoms with E-state index < -0.39 is 11.7 Å². The molecular formula is C22H21F3N6O2S. The number of piperazine rings is 1. The zero-order valence-corrected chi connectivity index (χ0v) is 19.2. The van der Waals surface area contributed by atoms with Crippen molar-refractivity contribution in [2.24, 2.45) is 0 Å². The van der Waals surface area contributed by atoms with Gasteiger partial charge in [-0.15, -0.1) is 0 Å². The number of benzene rings is 1. The highest BCUT2D eigenvalue weighted by atomic mass is 32.1. The summed E-state index contributed by atoms with van der Waals surface area (Å²) < 4.78 is 53.8. The van der Waals surface area contributed by atoms with Crippen LogP contribution in [-0.4, -0.2) is 60.0 Å². The summed E-state index contributed by atoms with van der Waals surface area (Å²) in [5.74, 6) is 1.13. The summed E-state index contributed by atoms with van der Waals surface area (Å²) >= 11 is 1.32. The van der Waals surface area contributed by atoms with Gasteiger partial charge in [0.15, 0.2) is 11.5 Å². The standard InChI is InChI=1S/C22H21F3N6O2S/c1-32-17-4-3-13(10-18(17)33-2)20-29-31-12-16(28-21(31)34-20)14-9-15(22(23,24)25)19(27-11-14)30-7-5-26-6-8-30/h3-4,9-12,26H,5-8H2,1-2H3. The van der Waals surface area contributed by atoms with Gasteiger partial charge in [-0.25, -0.2) is 14.5 Å². The van der Waals surface area contributed by atoms with Gasteiger partial charge in [0.25, 0.3) is 0 Å². The number of hydrogen-bond donors (Lipinski definition) is 1. The van der Waals surface area contributed by atoms with E-state index in [0.717, 1.165) is 11.6 Å². The Balaban J connectivity index is 1.48. The smallest absolute Gasteiger partial charge is 0.419 e. The van der Waals surface area contributed by atoms with Gasteiger partial charge in [-0.1, -0.05) is 11.3 Å².